The second-order valence-corrected chi connectivity index (χ2v) is 7.16. The fourth-order valence-electron chi connectivity index (χ4n) is 3.78. The second kappa shape index (κ2) is 9.39. The minimum absolute atomic E-state index is 0.127. The zero-order valence-corrected chi connectivity index (χ0v) is 16.4. The molecule has 0 aromatic carbocycles. The molecule has 162 valence electrons. The zero-order valence-electron chi connectivity index (χ0n) is 16.4. The number of nitrogen functional groups attached to an aromatic ring is 1. The molecule has 3 aliphatic heterocycles. The van der Waals surface area contributed by atoms with Crippen molar-refractivity contribution in [3.63, 3.8) is 0 Å². The van der Waals surface area contributed by atoms with Crippen LogP contribution in [0.2, 0.25) is 0 Å². The van der Waals surface area contributed by atoms with Crippen LogP contribution in [0.4, 0.5) is 26.6 Å². The van der Waals surface area contributed by atoms with Gasteiger partial charge in [0.2, 0.25) is 17.8 Å². The molecule has 0 radical (unpaired) electrons. The van der Waals surface area contributed by atoms with E-state index >= 15 is 0 Å². The van der Waals surface area contributed by atoms with Crippen LogP contribution in [0.5, 0.6) is 0 Å². The van der Waals surface area contributed by atoms with E-state index in [1.54, 1.807) is 6.33 Å². The second-order valence-electron chi connectivity index (χ2n) is 7.16. The third-order valence-electron chi connectivity index (χ3n) is 5.23. The van der Waals surface area contributed by atoms with Gasteiger partial charge >= 0.3 is 0 Å². The number of rotatable bonds is 3. The molecule has 0 aliphatic carbocycles. The SMILES string of the molecule is Nc1nccc(C(F)F)n1.c1nc(N2CCOCC2)nc(N2C3CCC2COC3)n1. The molecular formula is C18H24F2N8O2. The Bertz CT molecular complexity index is 823. The molecule has 3 saturated heterocycles. The number of ether oxygens (including phenoxy) is 2. The van der Waals surface area contributed by atoms with Gasteiger partial charge in [0.25, 0.3) is 6.43 Å². The first-order valence-electron chi connectivity index (χ1n) is 9.86. The molecule has 2 bridgehead atoms. The zero-order chi connectivity index (χ0) is 20.9. The predicted octanol–water partition coefficient (Wildman–Crippen LogP) is 1.07. The maximum absolute atomic E-state index is 11.8. The van der Waals surface area contributed by atoms with Gasteiger partial charge in [0.05, 0.1) is 38.5 Å². The molecule has 12 heteroatoms. The summed E-state index contributed by atoms with van der Waals surface area (Å²) in [6.45, 7) is 4.75. The van der Waals surface area contributed by atoms with E-state index in [1.807, 2.05) is 0 Å². The van der Waals surface area contributed by atoms with Crippen molar-refractivity contribution in [2.45, 2.75) is 31.4 Å². The fraction of sp³-hybridized carbons (Fsp3) is 0.611. The number of fused-ring (bicyclic) bond motifs is 2. The van der Waals surface area contributed by atoms with E-state index in [2.05, 4.69) is 34.7 Å². The maximum atomic E-state index is 11.8. The predicted molar refractivity (Wildman–Crippen MR) is 104 cm³/mol. The maximum Gasteiger partial charge on any atom is 0.280 e. The van der Waals surface area contributed by atoms with Crippen molar-refractivity contribution in [2.24, 2.45) is 0 Å². The van der Waals surface area contributed by atoms with Crippen LogP contribution in [-0.4, -0.2) is 76.5 Å². The summed E-state index contributed by atoms with van der Waals surface area (Å²) in [6, 6.07) is 1.98. The van der Waals surface area contributed by atoms with Gasteiger partial charge in [0.15, 0.2) is 0 Å². The molecule has 2 N–H and O–H groups in total. The number of anilines is 3. The van der Waals surface area contributed by atoms with Gasteiger partial charge in [0, 0.05) is 19.3 Å². The smallest absolute Gasteiger partial charge is 0.280 e. The highest BCUT2D eigenvalue weighted by Crippen LogP contribution is 2.32. The Hall–Kier alpha value is -2.73. The molecule has 3 aliphatic rings. The molecule has 5 heterocycles. The van der Waals surface area contributed by atoms with E-state index in [4.69, 9.17) is 15.2 Å². The van der Waals surface area contributed by atoms with Crippen LogP contribution in [0.25, 0.3) is 0 Å². The van der Waals surface area contributed by atoms with Gasteiger partial charge in [-0.15, -0.1) is 0 Å². The molecular weight excluding hydrogens is 398 g/mol. The molecule has 0 amide bonds. The van der Waals surface area contributed by atoms with E-state index in [1.165, 1.54) is 19.0 Å². The molecule has 30 heavy (non-hydrogen) atoms. The van der Waals surface area contributed by atoms with Gasteiger partial charge in [-0.05, 0) is 18.9 Å². The first-order chi connectivity index (χ1) is 14.6. The standard InChI is InChI=1S/C13H19N5O2.C5H5F2N3/c1-2-11-8-20-7-10(1)18(11)13-15-9-14-12(16-13)17-3-5-19-6-4-17;6-4(7)3-1-2-9-5(8)10-3/h9-11H,1-8H2;1-2,4H,(H2,8,9,10). The molecule has 0 saturated carbocycles. The normalized spacial score (nSPS) is 23.3. The third-order valence-corrected chi connectivity index (χ3v) is 5.23. The number of hydrogen-bond acceptors (Lipinski definition) is 10. The van der Waals surface area contributed by atoms with Gasteiger partial charge in [-0.3, -0.25) is 0 Å². The number of hydrogen-bond donors (Lipinski definition) is 1. The first-order valence-corrected chi connectivity index (χ1v) is 9.86. The van der Waals surface area contributed by atoms with E-state index in [0.29, 0.717) is 12.1 Å². The van der Waals surface area contributed by atoms with Gasteiger partial charge in [-0.2, -0.15) is 4.98 Å². The van der Waals surface area contributed by atoms with E-state index in [9.17, 15) is 8.78 Å². The van der Waals surface area contributed by atoms with Crippen LogP contribution < -0.4 is 15.5 Å². The van der Waals surface area contributed by atoms with Crippen LogP contribution in [-0.2, 0) is 9.47 Å². The summed E-state index contributed by atoms with van der Waals surface area (Å²) in [7, 11) is 0. The highest BCUT2D eigenvalue weighted by Gasteiger charge is 2.39. The Morgan fingerprint density at radius 1 is 0.967 bits per heavy atom. The molecule has 0 spiro atoms. The quantitative estimate of drug-likeness (QED) is 0.770. The van der Waals surface area contributed by atoms with Gasteiger partial charge in [-0.25, -0.2) is 28.7 Å². The topological polar surface area (TPSA) is 115 Å². The van der Waals surface area contributed by atoms with Crippen molar-refractivity contribution in [1.82, 2.24) is 24.9 Å². The fourth-order valence-corrected chi connectivity index (χ4v) is 3.78. The molecule has 2 aromatic heterocycles. The van der Waals surface area contributed by atoms with Crippen molar-refractivity contribution < 1.29 is 18.3 Å². The average Bonchev–Trinajstić information content (AvgIpc) is 3.03. The van der Waals surface area contributed by atoms with Crippen LogP contribution in [0.1, 0.15) is 25.0 Å². The minimum atomic E-state index is -2.58. The van der Waals surface area contributed by atoms with E-state index in [0.717, 1.165) is 57.5 Å². The van der Waals surface area contributed by atoms with E-state index < -0.39 is 6.43 Å². The van der Waals surface area contributed by atoms with Gasteiger partial charge in [0.1, 0.15) is 12.0 Å². The molecule has 2 aromatic rings. The lowest BCUT2D eigenvalue weighted by molar-refractivity contribution is 0.0897. The summed E-state index contributed by atoms with van der Waals surface area (Å²) in [5.74, 6) is 1.44. The van der Waals surface area contributed by atoms with Crippen LogP contribution in [0.3, 0.4) is 0 Å². The van der Waals surface area contributed by atoms with Crippen molar-refractivity contribution >= 4 is 17.8 Å². The summed E-state index contributed by atoms with van der Waals surface area (Å²) in [5, 5.41) is 0. The Morgan fingerprint density at radius 2 is 1.67 bits per heavy atom. The highest BCUT2D eigenvalue weighted by atomic mass is 19.3. The van der Waals surface area contributed by atoms with Crippen LogP contribution in [0.15, 0.2) is 18.6 Å². The summed E-state index contributed by atoms with van der Waals surface area (Å²) >= 11 is 0. The van der Waals surface area contributed by atoms with Gasteiger partial charge in [-0.1, -0.05) is 0 Å². The highest BCUT2D eigenvalue weighted by molar-refractivity contribution is 5.42. The number of nitrogens with zero attached hydrogens (tertiary/aromatic N) is 7. The van der Waals surface area contributed by atoms with Crippen molar-refractivity contribution in [1.29, 1.82) is 0 Å². The average molecular weight is 422 g/mol. The number of alkyl halides is 2. The molecule has 5 rings (SSSR count). The summed E-state index contributed by atoms with van der Waals surface area (Å²) in [4.78, 5) is 24.6. The van der Waals surface area contributed by atoms with E-state index in [-0.39, 0.29) is 11.6 Å². The van der Waals surface area contributed by atoms with Crippen LogP contribution >= 0.6 is 0 Å². The number of morpholine rings is 2. The summed E-state index contributed by atoms with van der Waals surface area (Å²) in [5.41, 5.74) is 4.70. The molecule has 3 fully saturated rings. The third kappa shape index (κ3) is 4.70. The molecule has 10 nitrogen and oxygen atoms in total. The Labute approximate surface area is 172 Å². The van der Waals surface area contributed by atoms with Gasteiger partial charge < -0.3 is 25.0 Å². The number of halogens is 2. The number of aromatic nitrogens is 5. The number of nitrogens with two attached hydrogens (primary N) is 1. The summed E-state index contributed by atoms with van der Waals surface area (Å²) < 4.78 is 34.6. The lowest BCUT2D eigenvalue weighted by atomic mass is 10.2. The van der Waals surface area contributed by atoms with Crippen LogP contribution in [0, 0.1) is 0 Å². The van der Waals surface area contributed by atoms with Crippen molar-refractivity contribution in [3.05, 3.63) is 24.3 Å². The largest absolute Gasteiger partial charge is 0.378 e. The van der Waals surface area contributed by atoms with Crippen molar-refractivity contribution in [2.75, 3.05) is 55.1 Å². The molecule has 2 unspecified atom stereocenters. The lowest BCUT2D eigenvalue weighted by Gasteiger charge is -2.35. The summed E-state index contributed by atoms with van der Waals surface area (Å²) in [6.07, 6.45) is 2.59. The minimum Gasteiger partial charge on any atom is -0.378 e. The first kappa shape index (κ1) is 20.5. The Morgan fingerprint density at radius 3 is 2.30 bits per heavy atom. The van der Waals surface area contributed by atoms with Crippen molar-refractivity contribution in [3.8, 4) is 0 Å². The Kier molecular flexibility index (Phi) is 6.43. The monoisotopic (exact) mass is 422 g/mol. The molecule has 2 atom stereocenters. The lowest BCUT2D eigenvalue weighted by Crippen LogP contribution is -2.47. The Balaban J connectivity index is 0.000000185.